The fraction of sp³-hybridized carbons (Fsp3) is 0.745. The van der Waals surface area contributed by atoms with Crippen LogP contribution in [0, 0.1) is 0 Å². The number of carbonyl (C=O) groups is 2. The van der Waals surface area contributed by atoms with Crippen LogP contribution in [0.5, 0.6) is 0 Å². The van der Waals surface area contributed by atoms with Gasteiger partial charge in [-0.2, -0.15) is 0 Å². The minimum absolute atomic E-state index is 0.0778. The predicted molar refractivity (Wildman–Crippen MR) is 239 cm³/mol. The van der Waals surface area contributed by atoms with Crippen molar-refractivity contribution in [3.63, 3.8) is 0 Å². The molecule has 0 bridgehead atoms. The van der Waals surface area contributed by atoms with E-state index in [-0.39, 0.29) is 12.8 Å². The lowest BCUT2D eigenvalue weighted by Gasteiger charge is -2.41. The van der Waals surface area contributed by atoms with Gasteiger partial charge in [0.25, 0.3) is 0 Å². The summed E-state index contributed by atoms with van der Waals surface area (Å²) in [6, 6.07) is 0. The Hall–Kier alpha value is -2.45. The number of phosphoric acid groups is 1. The van der Waals surface area contributed by atoms with E-state index in [1.54, 1.807) is 0 Å². The Bertz CT molecular complexity index is 1300. The van der Waals surface area contributed by atoms with Crippen LogP contribution in [0.4, 0.5) is 0 Å². The van der Waals surface area contributed by atoms with Crippen LogP contribution in [0.1, 0.15) is 168 Å². The second kappa shape index (κ2) is 37.0. The van der Waals surface area contributed by atoms with E-state index in [2.05, 4.69) is 62.5 Å². The molecule has 0 amide bonds. The summed E-state index contributed by atoms with van der Waals surface area (Å²) in [6.07, 6.45) is 31.3. The first-order chi connectivity index (χ1) is 29.4. The molecular formula is C47H81O13P. The molecule has 8 atom stereocenters. The SMILES string of the molecule is CCCCCC=CCC=CCC=CCC=CCCCC(=O)OC[C@H](COP(=O)(O)OC1C(O)C(O)C(O)[C@@H](O)C1O)OC(=O)CCCCCCCCCC=CCCCCCC. The molecule has 0 radical (unpaired) electrons. The van der Waals surface area contributed by atoms with Gasteiger partial charge in [0.1, 0.15) is 43.2 Å². The highest BCUT2D eigenvalue weighted by molar-refractivity contribution is 7.47. The Labute approximate surface area is 366 Å². The summed E-state index contributed by atoms with van der Waals surface area (Å²) in [5.41, 5.74) is 0. The van der Waals surface area contributed by atoms with Gasteiger partial charge < -0.3 is 39.9 Å². The average molecular weight is 885 g/mol. The van der Waals surface area contributed by atoms with Crippen molar-refractivity contribution in [1.29, 1.82) is 0 Å². The fourth-order valence-corrected chi connectivity index (χ4v) is 7.54. The number of aliphatic hydroxyl groups excluding tert-OH is 5. The summed E-state index contributed by atoms with van der Waals surface area (Å²) >= 11 is 0. The van der Waals surface area contributed by atoms with E-state index in [1.807, 2.05) is 12.2 Å². The highest BCUT2D eigenvalue weighted by Crippen LogP contribution is 2.47. The lowest BCUT2D eigenvalue weighted by molar-refractivity contribution is -0.220. The van der Waals surface area contributed by atoms with Crippen molar-refractivity contribution < 1.29 is 63.1 Å². The summed E-state index contributed by atoms with van der Waals surface area (Å²) in [4.78, 5) is 35.7. The second-order valence-electron chi connectivity index (χ2n) is 15.9. The number of phosphoric ester groups is 1. The van der Waals surface area contributed by atoms with Gasteiger partial charge in [-0.15, -0.1) is 0 Å². The molecule has 0 aromatic carbocycles. The molecule has 1 aliphatic carbocycles. The van der Waals surface area contributed by atoms with Crippen LogP contribution < -0.4 is 0 Å². The van der Waals surface area contributed by atoms with E-state index in [4.69, 9.17) is 18.5 Å². The standard InChI is InChI=1S/C47H81O13P/c1-3-5-7-9-11-13-15-17-19-20-22-23-25-27-29-31-33-35-40(48)57-37-39(38-58-61(55,56)60-47-45(53)43(51)42(50)44(52)46(47)54)59-41(49)36-34-32-30-28-26-24-21-18-16-14-12-10-8-6-4-2/h11,13-14,16-17,19,22-23,27,29,39,42-47,50-54H,3-10,12,15,18,20-21,24-26,28,30-38H2,1-2H3,(H,55,56)/t39-,42?,43-,44?,45?,46?,47?/m1/s1. The second-order valence-corrected chi connectivity index (χ2v) is 17.3. The first-order valence-corrected chi connectivity index (χ1v) is 24.6. The number of hydrogen-bond donors (Lipinski definition) is 6. The maximum atomic E-state index is 12.8. The molecule has 0 aromatic heterocycles. The molecule has 1 rings (SSSR count). The van der Waals surface area contributed by atoms with Gasteiger partial charge in [-0.3, -0.25) is 18.6 Å². The highest BCUT2D eigenvalue weighted by Gasteiger charge is 2.51. The first kappa shape index (κ1) is 56.6. The maximum absolute atomic E-state index is 12.8. The van der Waals surface area contributed by atoms with E-state index in [1.165, 1.54) is 44.9 Å². The number of hydrogen-bond acceptors (Lipinski definition) is 12. The molecule has 6 unspecified atom stereocenters. The molecular weight excluding hydrogens is 803 g/mol. The predicted octanol–water partition coefficient (Wildman–Crippen LogP) is 8.94. The summed E-state index contributed by atoms with van der Waals surface area (Å²) in [5.74, 6) is -1.17. The van der Waals surface area contributed by atoms with Gasteiger partial charge in [-0.05, 0) is 77.0 Å². The van der Waals surface area contributed by atoms with Crippen molar-refractivity contribution >= 4 is 19.8 Å². The number of ether oxygens (including phenoxy) is 2. The molecule has 1 fully saturated rings. The van der Waals surface area contributed by atoms with Gasteiger partial charge in [0.15, 0.2) is 6.10 Å². The number of unbranched alkanes of at least 4 members (excludes halogenated alkanes) is 15. The van der Waals surface area contributed by atoms with E-state index in [0.29, 0.717) is 19.3 Å². The van der Waals surface area contributed by atoms with Crippen LogP contribution in [-0.4, -0.2) is 98.3 Å². The summed E-state index contributed by atoms with van der Waals surface area (Å²) in [5, 5.41) is 50.1. The van der Waals surface area contributed by atoms with E-state index in [9.17, 15) is 44.6 Å². The topological polar surface area (TPSA) is 210 Å². The lowest BCUT2D eigenvalue weighted by atomic mass is 9.85. The molecule has 0 aliphatic heterocycles. The molecule has 352 valence electrons. The van der Waals surface area contributed by atoms with Crippen LogP contribution >= 0.6 is 7.82 Å². The number of rotatable bonds is 37. The summed E-state index contributed by atoms with van der Waals surface area (Å²) < 4.78 is 33.5. The van der Waals surface area contributed by atoms with Crippen molar-refractivity contribution in [3.05, 3.63) is 60.8 Å². The normalized spacial score (nSPS) is 22.6. The van der Waals surface area contributed by atoms with Crippen LogP contribution in [0.2, 0.25) is 0 Å². The Kier molecular flexibility index (Phi) is 34.3. The van der Waals surface area contributed by atoms with Crippen LogP contribution in [0.15, 0.2) is 60.8 Å². The van der Waals surface area contributed by atoms with Gasteiger partial charge in [0.2, 0.25) is 0 Å². The molecule has 0 saturated heterocycles. The molecule has 13 nitrogen and oxygen atoms in total. The van der Waals surface area contributed by atoms with E-state index in [0.717, 1.165) is 77.0 Å². The van der Waals surface area contributed by atoms with Gasteiger partial charge in [-0.25, -0.2) is 4.57 Å². The molecule has 1 aliphatic rings. The monoisotopic (exact) mass is 885 g/mol. The number of esters is 2. The Balaban J connectivity index is 2.51. The highest BCUT2D eigenvalue weighted by atomic mass is 31.2. The van der Waals surface area contributed by atoms with Gasteiger partial charge in [0, 0.05) is 12.8 Å². The van der Waals surface area contributed by atoms with Gasteiger partial charge in [-0.1, -0.05) is 139 Å². The van der Waals surface area contributed by atoms with Crippen molar-refractivity contribution in [3.8, 4) is 0 Å². The zero-order valence-electron chi connectivity index (χ0n) is 37.2. The van der Waals surface area contributed by atoms with Crippen molar-refractivity contribution in [1.82, 2.24) is 0 Å². The van der Waals surface area contributed by atoms with E-state index < -0.39 is 75.7 Å². The molecule has 6 N–H and O–H groups in total. The molecule has 0 spiro atoms. The largest absolute Gasteiger partial charge is 0.472 e. The Morgan fingerprint density at radius 1 is 0.508 bits per heavy atom. The quantitative estimate of drug-likeness (QED) is 0.0149. The molecule has 61 heavy (non-hydrogen) atoms. The molecule has 0 heterocycles. The summed E-state index contributed by atoms with van der Waals surface area (Å²) in [6.45, 7) is 3.20. The smallest absolute Gasteiger partial charge is 0.462 e. The minimum Gasteiger partial charge on any atom is -0.462 e. The Morgan fingerprint density at radius 3 is 1.44 bits per heavy atom. The van der Waals surface area contributed by atoms with Crippen LogP contribution in [-0.2, 0) is 32.7 Å². The minimum atomic E-state index is -5.13. The van der Waals surface area contributed by atoms with Crippen molar-refractivity contribution in [2.24, 2.45) is 0 Å². The zero-order valence-corrected chi connectivity index (χ0v) is 38.1. The number of allylic oxidation sites excluding steroid dienone is 10. The molecule has 0 aromatic rings. The lowest BCUT2D eigenvalue weighted by Crippen LogP contribution is -2.64. The van der Waals surface area contributed by atoms with Gasteiger partial charge in [0.05, 0.1) is 6.61 Å². The van der Waals surface area contributed by atoms with Crippen molar-refractivity contribution in [2.75, 3.05) is 13.2 Å². The first-order valence-electron chi connectivity index (χ1n) is 23.1. The Morgan fingerprint density at radius 2 is 0.902 bits per heavy atom. The average Bonchev–Trinajstić information content (AvgIpc) is 3.24. The third-order valence-corrected chi connectivity index (χ3v) is 11.3. The van der Waals surface area contributed by atoms with Crippen molar-refractivity contribution in [2.45, 2.75) is 211 Å². The van der Waals surface area contributed by atoms with Crippen LogP contribution in [0.3, 0.4) is 0 Å². The third kappa shape index (κ3) is 29.5. The maximum Gasteiger partial charge on any atom is 0.472 e. The molecule has 1 saturated carbocycles. The van der Waals surface area contributed by atoms with E-state index >= 15 is 0 Å². The number of carbonyl (C=O) groups excluding carboxylic acids is 2. The fourth-order valence-electron chi connectivity index (χ4n) is 6.57. The zero-order chi connectivity index (χ0) is 45.0. The third-order valence-electron chi connectivity index (χ3n) is 10.3. The number of aliphatic hydroxyl groups is 5. The summed E-state index contributed by atoms with van der Waals surface area (Å²) in [7, 11) is -5.13. The molecule has 14 heteroatoms. The van der Waals surface area contributed by atoms with Crippen LogP contribution in [0.25, 0.3) is 0 Å². The van der Waals surface area contributed by atoms with Gasteiger partial charge >= 0.3 is 19.8 Å².